The van der Waals surface area contributed by atoms with Crippen molar-refractivity contribution in [2.75, 3.05) is 6.26 Å². The molecule has 2 nitrogen and oxygen atoms in total. The molecular formula is C13H23FO2S. The maximum atomic E-state index is 13.1. The fraction of sp³-hybridized carbons (Fsp3) is 0.538. The van der Waals surface area contributed by atoms with Crippen molar-refractivity contribution in [1.82, 2.24) is 0 Å². The molecule has 0 bridgehead atoms. The van der Waals surface area contributed by atoms with Gasteiger partial charge in [-0.25, -0.2) is 12.8 Å². The first-order chi connectivity index (χ1) is 7.95. The predicted octanol–water partition coefficient (Wildman–Crippen LogP) is 3.84. The first-order valence-corrected chi connectivity index (χ1v) is 7.82. The van der Waals surface area contributed by atoms with Crippen molar-refractivity contribution >= 4 is 9.84 Å². The third-order valence-electron chi connectivity index (χ3n) is 1.83. The molecule has 0 aliphatic heterocycles. The lowest BCUT2D eigenvalue weighted by molar-refractivity contribution is 0.591. The van der Waals surface area contributed by atoms with Crippen LogP contribution >= 0.6 is 0 Å². The van der Waals surface area contributed by atoms with Crippen molar-refractivity contribution in [3.05, 3.63) is 29.6 Å². The lowest BCUT2D eigenvalue weighted by Crippen LogP contribution is -1.99. The van der Waals surface area contributed by atoms with Crippen LogP contribution in [0, 0.1) is 5.82 Å². The monoisotopic (exact) mass is 262 g/mol. The zero-order chi connectivity index (χ0) is 14.1. The van der Waals surface area contributed by atoms with Gasteiger partial charge in [-0.05, 0) is 24.1 Å². The molecule has 1 aromatic carbocycles. The molecule has 0 heterocycles. The smallest absolute Gasteiger partial charge is 0.175 e. The zero-order valence-electron chi connectivity index (χ0n) is 11.5. The van der Waals surface area contributed by atoms with Crippen LogP contribution in [0.25, 0.3) is 0 Å². The number of rotatable bonds is 2. The van der Waals surface area contributed by atoms with E-state index < -0.39 is 15.7 Å². The summed E-state index contributed by atoms with van der Waals surface area (Å²) in [6.45, 7) is 9.82. The van der Waals surface area contributed by atoms with Gasteiger partial charge in [0.25, 0.3) is 0 Å². The summed E-state index contributed by atoms with van der Waals surface area (Å²) in [5.41, 5.74) is 0.535. The molecule has 0 aliphatic carbocycles. The first kappa shape index (κ1) is 18.5. The highest BCUT2D eigenvalue weighted by Crippen LogP contribution is 2.14. The summed E-state index contributed by atoms with van der Waals surface area (Å²) in [5, 5.41) is 0. The SMILES string of the molecule is CC.CC.CCc1ccc(S(C)(=O)=O)cc1F. The lowest BCUT2D eigenvalue weighted by atomic mass is 10.2. The molecule has 0 radical (unpaired) electrons. The van der Waals surface area contributed by atoms with Gasteiger partial charge in [-0.3, -0.25) is 0 Å². The largest absolute Gasteiger partial charge is 0.224 e. The molecule has 0 aromatic heterocycles. The molecule has 0 fully saturated rings. The van der Waals surface area contributed by atoms with Crippen LogP contribution < -0.4 is 0 Å². The maximum absolute atomic E-state index is 13.1. The average Bonchev–Trinajstić information content (AvgIpc) is 2.33. The van der Waals surface area contributed by atoms with E-state index >= 15 is 0 Å². The van der Waals surface area contributed by atoms with Gasteiger partial charge in [0.05, 0.1) is 4.90 Å². The summed E-state index contributed by atoms with van der Waals surface area (Å²) in [7, 11) is -3.29. The Morgan fingerprint density at radius 1 is 1.12 bits per heavy atom. The van der Waals surface area contributed by atoms with Gasteiger partial charge in [0.1, 0.15) is 5.82 Å². The van der Waals surface area contributed by atoms with E-state index in [0.717, 1.165) is 12.3 Å². The Labute approximate surface area is 105 Å². The summed E-state index contributed by atoms with van der Waals surface area (Å²) < 4.78 is 35.2. The first-order valence-electron chi connectivity index (χ1n) is 5.93. The second-order valence-corrected chi connectivity index (χ2v) is 4.89. The molecule has 0 N–H and O–H groups in total. The molecule has 100 valence electrons. The van der Waals surface area contributed by atoms with Crippen molar-refractivity contribution in [3.8, 4) is 0 Å². The highest BCUT2D eigenvalue weighted by Gasteiger charge is 2.09. The van der Waals surface area contributed by atoms with Crippen LogP contribution in [-0.2, 0) is 16.3 Å². The zero-order valence-corrected chi connectivity index (χ0v) is 12.4. The van der Waals surface area contributed by atoms with Crippen LogP contribution in [0.3, 0.4) is 0 Å². The van der Waals surface area contributed by atoms with E-state index in [1.54, 1.807) is 0 Å². The Hall–Kier alpha value is -0.900. The molecule has 0 saturated carbocycles. The van der Waals surface area contributed by atoms with E-state index in [1.165, 1.54) is 12.1 Å². The number of benzene rings is 1. The Balaban J connectivity index is 0. The van der Waals surface area contributed by atoms with E-state index in [-0.39, 0.29) is 4.90 Å². The van der Waals surface area contributed by atoms with Gasteiger partial charge in [-0.15, -0.1) is 0 Å². The molecule has 0 spiro atoms. The third-order valence-corrected chi connectivity index (χ3v) is 2.94. The topological polar surface area (TPSA) is 34.1 Å². The summed E-state index contributed by atoms with van der Waals surface area (Å²) >= 11 is 0. The lowest BCUT2D eigenvalue weighted by Gasteiger charge is -2.01. The average molecular weight is 262 g/mol. The highest BCUT2D eigenvalue weighted by atomic mass is 32.2. The standard InChI is InChI=1S/C9H11FO2S.2C2H6/c1-3-7-4-5-8(6-9(7)10)13(2,11)12;2*1-2/h4-6H,3H2,1-2H3;2*1-2H3. The van der Waals surface area contributed by atoms with E-state index in [4.69, 9.17) is 0 Å². The number of sulfone groups is 1. The number of halogens is 1. The van der Waals surface area contributed by atoms with Crippen molar-refractivity contribution < 1.29 is 12.8 Å². The molecule has 0 atom stereocenters. The van der Waals surface area contributed by atoms with Gasteiger partial charge in [0.15, 0.2) is 9.84 Å². The van der Waals surface area contributed by atoms with Gasteiger partial charge in [-0.2, -0.15) is 0 Å². The van der Waals surface area contributed by atoms with Gasteiger partial charge in [-0.1, -0.05) is 40.7 Å². The minimum Gasteiger partial charge on any atom is -0.224 e. The summed E-state index contributed by atoms with van der Waals surface area (Å²) in [5.74, 6) is -0.453. The maximum Gasteiger partial charge on any atom is 0.175 e. The molecule has 1 rings (SSSR count). The number of hydrogen-bond acceptors (Lipinski definition) is 2. The van der Waals surface area contributed by atoms with E-state index in [1.807, 2.05) is 34.6 Å². The molecular weight excluding hydrogens is 239 g/mol. The molecule has 0 amide bonds. The molecule has 1 aromatic rings. The van der Waals surface area contributed by atoms with Crippen LogP contribution in [0.4, 0.5) is 4.39 Å². The van der Waals surface area contributed by atoms with Crippen molar-refractivity contribution in [3.63, 3.8) is 0 Å². The molecule has 0 saturated heterocycles. The summed E-state index contributed by atoms with van der Waals surface area (Å²) in [6, 6.07) is 4.00. The van der Waals surface area contributed by atoms with Crippen LogP contribution in [-0.4, -0.2) is 14.7 Å². The van der Waals surface area contributed by atoms with Crippen LogP contribution in [0.15, 0.2) is 23.1 Å². The Bertz CT molecular complexity index is 411. The molecule has 0 unspecified atom stereocenters. The normalized spacial score (nSPS) is 9.59. The Morgan fingerprint density at radius 2 is 1.59 bits per heavy atom. The van der Waals surface area contributed by atoms with Crippen molar-refractivity contribution in [2.24, 2.45) is 0 Å². The van der Waals surface area contributed by atoms with E-state index in [0.29, 0.717) is 12.0 Å². The molecule has 0 aliphatic rings. The van der Waals surface area contributed by atoms with Crippen LogP contribution in [0.5, 0.6) is 0 Å². The van der Waals surface area contributed by atoms with Crippen LogP contribution in [0.2, 0.25) is 0 Å². The van der Waals surface area contributed by atoms with E-state index in [9.17, 15) is 12.8 Å². The minimum atomic E-state index is -3.29. The minimum absolute atomic E-state index is 0.0298. The van der Waals surface area contributed by atoms with Crippen molar-refractivity contribution in [1.29, 1.82) is 0 Å². The quantitative estimate of drug-likeness (QED) is 0.811. The number of aryl methyl sites for hydroxylation is 1. The second-order valence-electron chi connectivity index (χ2n) is 2.88. The Kier molecular flexibility index (Phi) is 9.95. The van der Waals surface area contributed by atoms with Crippen molar-refractivity contribution in [2.45, 2.75) is 45.9 Å². The second kappa shape index (κ2) is 9.16. The summed E-state index contributed by atoms with van der Waals surface area (Å²) in [4.78, 5) is 0.0298. The highest BCUT2D eigenvalue weighted by molar-refractivity contribution is 7.90. The van der Waals surface area contributed by atoms with Gasteiger partial charge in [0.2, 0.25) is 0 Å². The van der Waals surface area contributed by atoms with Crippen LogP contribution in [0.1, 0.15) is 40.2 Å². The molecule has 17 heavy (non-hydrogen) atoms. The number of hydrogen-bond donors (Lipinski definition) is 0. The fourth-order valence-corrected chi connectivity index (χ4v) is 1.68. The summed E-state index contributed by atoms with van der Waals surface area (Å²) in [6.07, 6.45) is 1.63. The molecule has 4 heteroatoms. The van der Waals surface area contributed by atoms with Gasteiger partial charge in [0, 0.05) is 6.26 Å². The van der Waals surface area contributed by atoms with E-state index in [2.05, 4.69) is 0 Å². The van der Waals surface area contributed by atoms with Gasteiger partial charge < -0.3 is 0 Å². The Morgan fingerprint density at radius 3 is 1.88 bits per heavy atom. The fourth-order valence-electron chi connectivity index (χ4n) is 1.05. The van der Waals surface area contributed by atoms with Gasteiger partial charge >= 0.3 is 0 Å². The predicted molar refractivity (Wildman–Crippen MR) is 71.6 cm³/mol. The third kappa shape index (κ3) is 6.41.